The molecule has 0 saturated heterocycles. The summed E-state index contributed by atoms with van der Waals surface area (Å²) in [6, 6.07) is 11.4. The van der Waals surface area contributed by atoms with Gasteiger partial charge >= 0.3 is 0 Å². The molecule has 2 heterocycles. The first-order valence-corrected chi connectivity index (χ1v) is 7.50. The monoisotopic (exact) mass is 321 g/mol. The van der Waals surface area contributed by atoms with E-state index in [1.807, 2.05) is 50.2 Å². The zero-order valence-corrected chi connectivity index (χ0v) is 13.5. The van der Waals surface area contributed by atoms with E-state index in [0.29, 0.717) is 17.6 Å². The maximum absolute atomic E-state index is 5.48. The Bertz CT molecular complexity index is 1030. The number of ether oxygens (including phenoxy) is 1. The molecular weight excluding hydrogens is 306 g/mol. The first-order valence-electron chi connectivity index (χ1n) is 7.50. The molecule has 120 valence electrons. The van der Waals surface area contributed by atoms with Gasteiger partial charge in [-0.05, 0) is 48.9 Å². The molecule has 2 aromatic carbocycles. The summed E-state index contributed by atoms with van der Waals surface area (Å²) >= 11 is 0. The van der Waals surface area contributed by atoms with Crippen molar-refractivity contribution in [1.82, 2.24) is 15.1 Å². The van der Waals surface area contributed by atoms with Crippen LogP contribution >= 0.6 is 0 Å². The molecule has 0 saturated carbocycles. The lowest BCUT2D eigenvalue weighted by Crippen LogP contribution is -1.87. The summed E-state index contributed by atoms with van der Waals surface area (Å²) in [4.78, 5) is 8.83. The van der Waals surface area contributed by atoms with Gasteiger partial charge in [0.05, 0.1) is 7.11 Å². The lowest BCUT2D eigenvalue weighted by Gasteiger charge is -2.03. The van der Waals surface area contributed by atoms with Gasteiger partial charge in [0.2, 0.25) is 5.82 Å². The molecule has 4 aromatic rings. The van der Waals surface area contributed by atoms with Crippen LogP contribution in [-0.2, 0) is 0 Å². The van der Waals surface area contributed by atoms with Gasteiger partial charge in [-0.25, -0.2) is 4.98 Å². The molecule has 0 aliphatic heterocycles. The molecule has 2 aromatic heterocycles. The van der Waals surface area contributed by atoms with E-state index in [2.05, 4.69) is 15.1 Å². The summed E-state index contributed by atoms with van der Waals surface area (Å²) in [5.41, 5.74) is 4.24. The Hall–Kier alpha value is -3.15. The van der Waals surface area contributed by atoms with Crippen molar-refractivity contribution in [2.45, 2.75) is 13.8 Å². The van der Waals surface area contributed by atoms with Crippen molar-refractivity contribution in [1.29, 1.82) is 0 Å². The van der Waals surface area contributed by atoms with Crippen LogP contribution in [0.4, 0.5) is 0 Å². The van der Waals surface area contributed by atoms with E-state index in [0.717, 1.165) is 33.5 Å². The van der Waals surface area contributed by atoms with Crippen LogP contribution in [0.3, 0.4) is 0 Å². The topological polar surface area (TPSA) is 74.2 Å². The number of hydrogen-bond donors (Lipinski definition) is 0. The molecule has 4 rings (SSSR count). The number of fused-ring (bicyclic) bond motifs is 1. The van der Waals surface area contributed by atoms with Crippen LogP contribution < -0.4 is 4.74 Å². The largest absolute Gasteiger partial charge is 0.497 e. The molecule has 0 fully saturated rings. The minimum atomic E-state index is 0.474. The fourth-order valence-corrected chi connectivity index (χ4v) is 2.63. The maximum atomic E-state index is 5.48. The first-order chi connectivity index (χ1) is 11.6. The Morgan fingerprint density at radius 3 is 2.67 bits per heavy atom. The lowest BCUT2D eigenvalue weighted by molar-refractivity contribution is 0.414. The summed E-state index contributed by atoms with van der Waals surface area (Å²) in [6.45, 7) is 3.80. The molecule has 6 nitrogen and oxygen atoms in total. The third kappa shape index (κ3) is 2.42. The molecule has 0 atom stereocenters. The van der Waals surface area contributed by atoms with Crippen LogP contribution in [0.5, 0.6) is 5.75 Å². The fraction of sp³-hybridized carbons (Fsp3) is 0.167. The molecule has 24 heavy (non-hydrogen) atoms. The van der Waals surface area contributed by atoms with Crippen LogP contribution in [-0.4, -0.2) is 22.2 Å². The van der Waals surface area contributed by atoms with E-state index in [-0.39, 0.29) is 0 Å². The highest BCUT2D eigenvalue weighted by molar-refractivity contribution is 5.78. The Balaban J connectivity index is 1.73. The molecule has 0 bridgehead atoms. The van der Waals surface area contributed by atoms with E-state index in [4.69, 9.17) is 13.7 Å². The molecule has 0 aliphatic rings. The van der Waals surface area contributed by atoms with Gasteiger partial charge in [-0.3, -0.25) is 0 Å². The fourth-order valence-electron chi connectivity index (χ4n) is 2.63. The zero-order chi connectivity index (χ0) is 16.7. The molecule has 0 amide bonds. The number of nitrogens with zero attached hydrogens (tertiary/aromatic N) is 3. The molecule has 0 spiro atoms. The number of benzene rings is 2. The Kier molecular flexibility index (Phi) is 3.30. The van der Waals surface area contributed by atoms with Crippen molar-refractivity contribution in [2.24, 2.45) is 0 Å². The van der Waals surface area contributed by atoms with Gasteiger partial charge < -0.3 is 13.7 Å². The Morgan fingerprint density at radius 2 is 1.88 bits per heavy atom. The van der Waals surface area contributed by atoms with Crippen LogP contribution in [0.25, 0.3) is 33.9 Å². The Labute approximate surface area is 138 Å². The van der Waals surface area contributed by atoms with E-state index >= 15 is 0 Å². The second-order valence-corrected chi connectivity index (χ2v) is 5.52. The van der Waals surface area contributed by atoms with Crippen molar-refractivity contribution in [2.75, 3.05) is 7.11 Å². The van der Waals surface area contributed by atoms with Crippen molar-refractivity contribution in [3.8, 4) is 28.6 Å². The summed E-state index contributed by atoms with van der Waals surface area (Å²) in [5, 5.41) is 4.08. The normalized spacial score (nSPS) is 11.1. The average Bonchev–Trinajstić information content (AvgIpc) is 3.19. The van der Waals surface area contributed by atoms with Gasteiger partial charge in [-0.1, -0.05) is 5.16 Å². The van der Waals surface area contributed by atoms with Crippen LogP contribution in [0.1, 0.15) is 11.5 Å². The minimum absolute atomic E-state index is 0.474. The smallest absolute Gasteiger partial charge is 0.258 e. The van der Waals surface area contributed by atoms with Gasteiger partial charge in [0, 0.05) is 18.1 Å². The van der Waals surface area contributed by atoms with E-state index in [1.54, 1.807) is 7.11 Å². The maximum Gasteiger partial charge on any atom is 0.258 e. The minimum Gasteiger partial charge on any atom is -0.497 e. The first kappa shape index (κ1) is 14.4. The second-order valence-electron chi connectivity index (χ2n) is 5.52. The van der Waals surface area contributed by atoms with Gasteiger partial charge in [0.25, 0.3) is 5.89 Å². The molecular formula is C18H15N3O3. The predicted octanol–water partition coefficient (Wildman–Crippen LogP) is 4.17. The van der Waals surface area contributed by atoms with Gasteiger partial charge in [-0.2, -0.15) is 4.98 Å². The summed E-state index contributed by atoms with van der Waals surface area (Å²) < 4.78 is 16.1. The predicted molar refractivity (Wildman–Crippen MR) is 88.8 cm³/mol. The third-order valence-corrected chi connectivity index (χ3v) is 3.84. The summed E-state index contributed by atoms with van der Waals surface area (Å²) in [7, 11) is 1.64. The van der Waals surface area contributed by atoms with Crippen molar-refractivity contribution < 1.29 is 13.7 Å². The van der Waals surface area contributed by atoms with E-state index in [1.165, 1.54) is 0 Å². The lowest BCUT2D eigenvalue weighted by atomic mass is 10.1. The summed E-state index contributed by atoms with van der Waals surface area (Å²) in [5.74, 6) is 2.41. The standard InChI is InChI=1S/C18H15N3O3/c1-10-8-13(22-3)5-6-14(10)18-20-17(21-24-18)12-4-7-16-15(9-12)19-11(2)23-16/h4-9H,1-3H3. The SMILES string of the molecule is COc1ccc(-c2nc(-c3ccc4oc(C)nc4c3)no2)c(C)c1. The van der Waals surface area contributed by atoms with Gasteiger partial charge in [0.1, 0.15) is 11.3 Å². The van der Waals surface area contributed by atoms with Gasteiger partial charge in [0.15, 0.2) is 11.5 Å². The van der Waals surface area contributed by atoms with Crippen molar-refractivity contribution in [3.63, 3.8) is 0 Å². The van der Waals surface area contributed by atoms with Gasteiger partial charge in [-0.15, -0.1) is 0 Å². The number of methoxy groups -OCH3 is 1. The van der Waals surface area contributed by atoms with Crippen molar-refractivity contribution >= 4 is 11.1 Å². The van der Waals surface area contributed by atoms with Crippen molar-refractivity contribution in [3.05, 3.63) is 47.9 Å². The number of hydrogen-bond acceptors (Lipinski definition) is 6. The molecule has 0 radical (unpaired) electrons. The number of aromatic nitrogens is 3. The highest BCUT2D eigenvalue weighted by atomic mass is 16.5. The number of rotatable bonds is 3. The van der Waals surface area contributed by atoms with Crippen LogP contribution in [0.15, 0.2) is 45.3 Å². The second kappa shape index (κ2) is 5.49. The molecule has 0 aliphatic carbocycles. The molecule has 0 N–H and O–H groups in total. The molecule has 0 unspecified atom stereocenters. The highest BCUT2D eigenvalue weighted by Gasteiger charge is 2.14. The quantitative estimate of drug-likeness (QED) is 0.564. The summed E-state index contributed by atoms with van der Waals surface area (Å²) in [6.07, 6.45) is 0. The molecule has 6 heteroatoms. The number of aryl methyl sites for hydroxylation is 2. The third-order valence-electron chi connectivity index (χ3n) is 3.84. The number of oxazole rings is 1. The zero-order valence-electron chi connectivity index (χ0n) is 13.5. The van der Waals surface area contributed by atoms with Crippen LogP contribution in [0, 0.1) is 13.8 Å². The van der Waals surface area contributed by atoms with E-state index in [9.17, 15) is 0 Å². The average molecular weight is 321 g/mol. The highest BCUT2D eigenvalue weighted by Crippen LogP contribution is 2.28. The van der Waals surface area contributed by atoms with Crippen LogP contribution in [0.2, 0.25) is 0 Å². The van der Waals surface area contributed by atoms with E-state index < -0.39 is 0 Å². The Morgan fingerprint density at radius 1 is 1.00 bits per heavy atom.